The molecule has 0 aromatic heterocycles. The summed E-state index contributed by atoms with van der Waals surface area (Å²) in [5.41, 5.74) is 0.374. The summed E-state index contributed by atoms with van der Waals surface area (Å²) in [6, 6.07) is 0.305. The number of β-amino-alcohol motifs (C(OH)–C–C–N with tert-alkyl or cyclic N) is 1. The first kappa shape index (κ1) is 9.97. The summed E-state index contributed by atoms with van der Waals surface area (Å²) in [5, 5.41) is 9.42. The number of aliphatic hydroxyl groups excluding tert-OH is 1. The molecule has 1 N–H and O–H groups in total. The molecular formula is C11H19NO2. The lowest BCUT2D eigenvalue weighted by atomic mass is 10.0. The van der Waals surface area contributed by atoms with Gasteiger partial charge in [0.05, 0.1) is 12.5 Å². The van der Waals surface area contributed by atoms with Gasteiger partial charge in [-0.1, -0.05) is 27.7 Å². The molecule has 1 unspecified atom stereocenters. The van der Waals surface area contributed by atoms with Gasteiger partial charge >= 0.3 is 0 Å². The highest BCUT2D eigenvalue weighted by Crippen LogP contribution is 2.65. The van der Waals surface area contributed by atoms with Gasteiger partial charge in [0.25, 0.3) is 0 Å². The molecular weight excluding hydrogens is 178 g/mol. The van der Waals surface area contributed by atoms with Gasteiger partial charge < -0.3 is 10.0 Å². The number of aliphatic hydroxyl groups is 1. The SMILES string of the molecule is CC1(C)C(N2CC(O)CC2=O)C1(C)C. The Kier molecular flexibility index (Phi) is 1.79. The monoisotopic (exact) mass is 197 g/mol. The van der Waals surface area contributed by atoms with Gasteiger partial charge in [-0.25, -0.2) is 0 Å². The third-order valence-electron chi connectivity index (χ3n) is 4.39. The van der Waals surface area contributed by atoms with Crippen molar-refractivity contribution in [1.29, 1.82) is 0 Å². The Morgan fingerprint density at radius 3 is 2.07 bits per heavy atom. The Balaban J connectivity index is 2.16. The zero-order valence-electron chi connectivity index (χ0n) is 9.37. The van der Waals surface area contributed by atoms with Crippen molar-refractivity contribution in [2.75, 3.05) is 6.54 Å². The molecule has 1 atom stereocenters. The first-order chi connectivity index (χ1) is 6.28. The van der Waals surface area contributed by atoms with E-state index in [9.17, 15) is 9.90 Å². The number of amides is 1. The van der Waals surface area contributed by atoms with Crippen LogP contribution in [0.25, 0.3) is 0 Å². The van der Waals surface area contributed by atoms with Crippen molar-refractivity contribution in [1.82, 2.24) is 4.90 Å². The topological polar surface area (TPSA) is 40.5 Å². The average Bonchev–Trinajstić information content (AvgIpc) is 2.32. The van der Waals surface area contributed by atoms with E-state index in [2.05, 4.69) is 27.7 Å². The van der Waals surface area contributed by atoms with Gasteiger partial charge in [0.15, 0.2) is 0 Å². The minimum atomic E-state index is -0.449. The van der Waals surface area contributed by atoms with Crippen molar-refractivity contribution >= 4 is 5.91 Å². The highest BCUT2D eigenvalue weighted by Gasteiger charge is 2.68. The van der Waals surface area contributed by atoms with Crippen molar-refractivity contribution < 1.29 is 9.90 Å². The lowest BCUT2D eigenvalue weighted by Crippen LogP contribution is -2.32. The summed E-state index contributed by atoms with van der Waals surface area (Å²) in [6.45, 7) is 9.28. The van der Waals surface area contributed by atoms with Crippen LogP contribution in [0.15, 0.2) is 0 Å². The van der Waals surface area contributed by atoms with E-state index in [1.165, 1.54) is 0 Å². The van der Waals surface area contributed by atoms with Crippen LogP contribution in [0, 0.1) is 10.8 Å². The summed E-state index contributed by atoms with van der Waals surface area (Å²) in [4.78, 5) is 13.5. The molecule has 3 heteroatoms. The van der Waals surface area contributed by atoms with E-state index >= 15 is 0 Å². The van der Waals surface area contributed by atoms with Gasteiger partial charge in [0.1, 0.15) is 0 Å². The standard InChI is InChI=1S/C11H19NO2/c1-10(2)9(11(10,3)4)12-6-7(13)5-8(12)14/h7,9,13H,5-6H2,1-4H3. The molecule has 2 rings (SSSR count). The van der Waals surface area contributed by atoms with E-state index in [-0.39, 0.29) is 16.7 Å². The van der Waals surface area contributed by atoms with E-state index < -0.39 is 6.10 Å². The fraction of sp³-hybridized carbons (Fsp3) is 0.909. The minimum absolute atomic E-state index is 0.112. The summed E-state index contributed by atoms with van der Waals surface area (Å²) in [7, 11) is 0. The Labute approximate surface area is 85.1 Å². The summed E-state index contributed by atoms with van der Waals surface area (Å²) in [6.07, 6.45) is -0.141. The molecule has 1 heterocycles. The lowest BCUT2D eigenvalue weighted by molar-refractivity contribution is -0.128. The molecule has 0 aromatic carbocycles. The van der Waals surface area contributed by atoms with Crippen LogP contribution in [0.3, 0.4) is 0 Å². The van der Waals surface area contributed by atoms with Crippen molar-refractivity contribution in [3.63, 3.8) is 0 Å². The normalized spacial score (nSPS) is 35.1. The largest absolute Gasteiger partial charge is 0.391 e. The maximum Gasteiger partial charge on any atom is 0.225 e. The summed E-state index contributed by atoms with van der Waals surface area (Å²) in [5.74, 6) is 0.112. The van der Waals surface area contributed by atoms with Crippen LogP contribution in [-0.4, -0.2) is 34.6 Å². The Bertz CT molecular complexity index is 269. The third-order valence-corrected chi connectivity index (χ3v) is 4.39. The van der Waals surface area contributed by atoms with Gasteiger partial charge in [0.2, 0.25) is 5.91 Å². The zero-order chi connectivity index (χ0) is 10.7. The van der Waals surface area contributed by atoms with Crippen LogP contribution in [0.4, 0.5) is 0 Å². The van der Waals surface area contributed by atoms with Gasteiger partial charge in [-0.3, -0.25) is 4.79 Å². The minimum Gasteiger partial charge on any atom is -0.391 e. The van der Waals surface area contributed by atoms with Crippen LogP contribution < -0.4 is 0 Å². The number of carbonyl (C=O) groups is 1. The van der Waals surface area contributed by atoms with Crippen LogP contribution in [0.5, 0.6) is 0 Å². The second-order valence-corrected chi connectivity index (χ2v) is 5.75. The highest BCUT2D eigenvalue weighted by atomic mass is 16.3. The smallest absolute Gasteiger partial charge is 0.225 e. The van der Waals surface area contributed by atoms with Crippen molar-refractivity contribution in [3.8, 4) is 0 Å². The Morgan fingerprint density at radius 1 is 1.29 bits per heavy atom. The first-order valence-electron chi connectivity index (χ1n) is 5.26. The maximum atomic E-state index is 11.6. The summed E-state index contributed by atoms with van der Waals surface area (Å²) >= 11 is 0. The lowest BCUT2D eigenvalue weighted by Gasteiger charge is -2.18. The van der Waals surface area contributed by atoms with Crippen molar-refractivity contribution in [2.24, 2.45) is 10.8 Å². The van der Waals surface area contributed by atoms with Gasteiger partial charge in [-0.2, -0.15) is 0 Å². The predicted octanol–water partition coefficient (Wildman–Crippen LogP) is 1.01. The molecule has 1 saturated heterocycles. The Hall–Kier alpha value is -0.570. The second-order valence-electron chi connectivity index (χ2n) is 5.75. The van der Waals surface area contributed by atoms with Gasteiger partial charge in [0, 0.05) is 12.6 Å². The second kappa shape index (κ2) is 2.51. The molecule has 80 valence electrons. The van der Waals surface area contributed by atoms with Crippen LogP contribution >= 0.6 is 0 Å². The molecule has 1 saturated carbocycles. The van der Waals surface area contributed by atoms with E-state index in [4.69, 9.17) is 0 Å². The zero-order valence-corrected chi connectivity index (χ0v) is 9.37. The molecule has 0 bridgehead atoms. The van der Waals surface area contributed by atoms with Crippen molar-refractivity contribution in [2.45, 2.75) is 46.3 Å². The number of hydrogen-bond acceptors (Lipinski definition) is 2. The molecule has 0 radical (unpaired) electrons. The average molecular weight is 197 g/mol. The molecule has 3 nitrogen and oxygen atoms in total. The third kappa shape index (κ3) is 1.05. The van der Waals surface area contributed by atoms with Crippen LogP contribution in [0.1, 0.15) is 34.1 Å². The number of likely N-dealkylation sites (tertiary alicyclic amines) is 1. The highest BCUT2D eigenvalue weighted by molar-refractivity contribution is 5.80. The maximum absolute atomic E-state index is 11.6. The van der Waals surface area contributed by atoms with Crippen LogP contribution in [-0.2, 0) is 4.79 Å². The molecule has 1 aliphatic heterocycles. The fourth-order valence-corrected chi connectivity index (χ4v) is 2.90. The Morgan fingerprint density at radius 2 is 1.79 bits per heavy atom. The molecule has 0 spiro atoms. The first-order valence-corrected chi connectivity index (χ1v) is 5.26. The quantitative estimate of drug-likeness (QED) is 0.681. The van der Waals surface area contributed by atoms with E-state index in [1.807, 2.05) is 4.90 Å². The fourth-order valence-electron chi connectivity index (χ4n) is 2.90. The molecule has 14 heavy (non-hydrogen) atoms. The number of nitrogens with zero attached hydrogens (tertiary/aromatic N) is 1. The predicted molar refractivity (Wildman–Crippen MR) is 53.7 cm³/mol. The van der Waals surface area contributed by atoms with E-state index in [0.717, 1.165) is 0 Å². The van der Waals surface area contributed by atoms with E-state index in [1.54, 1.807) is 0 Å². The van der Waals surface area contributed by atoms with Crippen molar-refractivity contribution in [3.05, 3.63) is 0 Å². The molecule has 1 amide bonds. The number of carbonyl (C=O) groups excluding carboxylic acids is 1. The van der Waals surface area contributed by atoms with Gasteiger partial charge in [-0.15, -0.1) is 0 Å². The van der Waals surface area contributed by atoms with Gasteiger partial charge in [-0.05, 0) is 10.8 Å². The number of rotatable bonds is 1. The van der Waals surface area contributed by atoms with E-state index in [0.29, 0.717) is 19.0 Å². The summed E-state index contributed by atoms with van der Waals surface area (Å²) < 4.78 is 0. The molecule has 2 fully saturated rings. The molecule has 0 aromatic rings. The molecule has 2 aliphatic rings. The van der Waals surface area contributed by atoms with Crippen LogP contribution in [0.2, 0.25) is 0 Å². The molecule has 1 aliphatic carbocycles. The number of hydrogen-bond donors (Lipinski definition) is 1.